The van der Waals surface area contributed by atoms with E-state index in [0.717, 1.165) is 44.0 Å². The first kappa shape index (κ1) is 18.4. The van der Waals surface area contributed by atoms with Gasteiger partial charge in [-0.2, -0.15) is 5.10 Å². The Morgan fingerprint density at radius 2 is 1.93 bits per heavy atom. The van der Waals surface area contributed by atoms with E-state index in [1.807, 2.05) is 29.5 Å². The summed E-state index contributed by atoms with van der Waals surface area (Å²) in [5.74, 6) is 0.767. The quantitative estimate of drug-likeness (QED) is 0.614. The molecule has 3 aromatic rings. The summed E-state index contributed by atoms with van der Waals surface area (Å²) in [5.41, 5.74) is -0.458. The summed E-state index contributed by atoms with van der Waals surface area (Å²) in [6.07, 6.45) is 3.51. The van der Waals surface area contributed by atoms with Crippen LogP contribution in [0.5, 0.6) is 0 Å². The molecule has 0 bridgehead atoms. The summed E-state index contributed by atoms with van der Waals surface area (Å²) in [4.78, 5) is 34.7. The normalized spacial score (nSPS) is 21.1. The van der Waals surface area contributed by atoms with Crippen LogP contribution in [0.15, 0.2) is 46.1 Å². The van der Waals surface area contributed by atoms with Crippen molar-refractivity contribution in [1.82, 2.24) is 24.2 Å². The summed E-state index contributed by atoms with van der Waals surface area (Å²) in [6, 6.07) is 9.90. The van der Waals surface area contributed by atoms with Gasteiger partial charge in [-0.1, -0.05) is 6.07 Å². The van der Waals surface area contributed by atoms with E-state index in [0.29, 0.717) is 6.54 Å². The molecule has 150 valence electrons. The fraction of sp³-hybridized carbons (Fsp3) is 0.429. The summed E-state index contributed by atoms with van der Waals surface area (Å²) in [6.45, 7) is 5.70. The molecule has 3 aromatic heterocycles. The van der Waals surface area contributed by atoms with Crippen molar-refractivity contribution in [2.45, 2.75) is 44.8 Å². The van der Waals surface area contributed by atoms with Crippen molar-refractivity contribution in [2.75, 3.05) is 13.1 Å². The third-order valence-electron chi connectivity index (χ3n) is 6.07. The average Bonchev–Trinajstić information content (AvgIpc) is 3.41. The van der Waals surface area contributed by atoms with E-state index in [4.69, 9.17) is 5.10 Å². The molecule has 0 saturated carbocycles. The maximum Gasteiger partial charge on any atom is 0.332 e. The van der Waals surface area contributed by atoms with Gasteiger partial charge in [0.1, 0.15) is 5.82 Å². The van der Waals surface area contributed by atoms with Crippen molar-refractivity contribution in [3.05, 3.63) is 78.5 Å². The Morgan fingerprint density at radius 3 is 2.69 bits per heavy atom. The molecule has 29 heavy (non-hydrogen) atoms. The van der Waals surface area contributed by atoms with Crippen LogP contribution < -0.4 is 11.1 Å². The molecule has 1 fully saturated rings. The van der Waals surface area contributed by atoms with Gasteiger partial charge in [0.2, 0.25) is 0 Å². The highest BCUT2D eigenvalue weighted by atomic mass is 32.1. The fourth-order valence-corrected chi connectivity index (χ4v) is 5.53. The van der Waals surface area contributed by atoms with Crippen LogP contribution in [0, 0.1) is 6.92 Å². The lowest BCUT2D eigenvalue weighted by atomic mass is 9.85. The minimum Gasteiger partial charge on any atom is -0.297 e. The lowest BCUT2D eigenvalue weighted by Gasteiger charge is -2.23. The van der Waals surface area contributed by atoms with Crippen LogP contribution in [-0.4, -0.2) is 37.3 Å². The third kappa shape index (κ3) is 3.26. The van der Waals surface area contributed by atoms with Gasteiger partial charge in [-0.15, -0.1) is 11.3 Å². The van der Waals surface area contributed by atoms with Gasteiger partial charge in [0.25, 0.3) is 0 Å². The van der Waals surface area contributed by atoms with Crippen molar-refractivity contribution in [1.29, 1.82) is 0 Å². The van der Waals surface area contributed by atoms with Crippen LogP contribution in [0.2, 0.25) is 0 Å². The van der Waals surface area contributed by atoms with Gasteiger partial charge in [-0.05, 0) is 50.6 Å². The third-order valence-corrected chi connectivity index (χ3v) is 7.05. The highest BCUT2D eigenvalue weighted by Gasteiger charge is 2.47. The molecule has 1 spiro atoms. The summed E-state index contributed by atoms with van der Waals surface area (Å²) in [7, 11) is 0. The number of nitrogens with zero attached hydrogens (tertiary/aromatic N) is 5. The number of hydrogen-bond donors (Lipinski definition) is 0. The maximum absolute atomic E-state index is 12.7. The monoisotopic (exact) mass is 409 g/mol. The molecule has 0 aromatic carbocycles. The molecule has 0 radical (unpaired) electrons. The Hall–Kier alpha value is -2.58. The van der Waals surface area contributed by atoms with E-state index in [-0.39, 0.29) is 12.0 Å². The van der Waals surface area contributed by atoms with Crippen LogP contribution in [0.1, 0.15) is 34.1 Å². The Morgan fingerprint density at radius 1 is 1.07 bits per heavy atom. The summed E-state index contributed by atoms with van der Waals surface area (Å²) >= 11 is 1.83. The second-order valence-electron chi connectivity index (χ2n) is 8.07. The molecule has 0 amide bonds. The molecule has 1 saturated heterocycles. The number of thiophene rings is 1. The molecule has 5 heterocycles. The number of rotatable bonds is 4. The van der Waals surface area contributed by atoms with Crippen LogP contribution in [-0.2, 0) is 25.0 Å². The molecule has 0 unspecified atom stereocenters. The molecular formula is C21H23N5O2S. The van der Waals surface area contributed by atoms with Crippen molar-refractivity contribution in [3.8, 4) is 0 Å². The SMILES string of the molecule is Cc1ccc(CN2CC[C@]3(CCn4c3nn(Cc3ccccn3)c(=O)c4=O)C2)s1. The molecule has 5 rings (SSSR count). The standard InChI is InChI=1S/C21H23N5O2S/c1-15-5-6-17(29-15)13-24-10-7-21(14-24)8-11-25-18(27)19(28)26(23-20(21)25)12-16-4-2-3-9-22-16/h2-6,9H,7-8,10-14H2,1H3/t21-/m0/s1. The lowest BCUT2D eigenvalue weighted by Crippen LogP contribution is -2.45. The zero-order valence-electron chi connectivity index (χ0n) is 16.4. The minimum atomic E-state index is -0.569. The predicted molar refractivity (Wildman–Crippen MR) is 111 cm³/mol. The molecule has 7 nitrogen and oxygen atoms in total. The Bertz CT molecular complexity index is 1170. The topological polar surface area (TPSA) is 73.0 Å². The Balaban J connectivity index is 1.46. The zero-order valence-corrected chi connectivity index (χ0v) is 17.2. The van der Waals surface area contributed by atoms with E-state index < -0.39 is 11.1 Å². The van der Waals surface area contributed by atoms with Crippen LogP contribution in [0.3, 0.4) is 0 Å². The van der Waals surface area contributed by atoms with Crippen molar-refractivity contribution < 1.29 is 0 Å². The van der Waals surface area contributed by atoms with E-state index in [9.17, 15) is 9.59 Å². The first-order valence-corrected chi connectivity index (χ1v) is 10.8. The molecule has 2 aliphatic heterocycles. The van der Waals surface area contributed by atoms with Gasteiger partial charge in [-0.25, -0.2) is 4.68 Å². The number of fused-ring (bicyclic) bond motifs is 2. The maximum atomic E-state index is 12.7. The molecule has 8 heteroatoms. The molecule has 1 atom stereocenters. The molecule has 2 aliphatic rings. The molecular weight excluding hydrogens is 386 g/mol. The molecule has 0 aliphatic carbocycles. The van der Waals surface area contributed by atoms with Gasteiger partial charge in [-0.3, -0.25) is 24.0 Å². The second kappa shape index (κ2) is 7.03. The van der Waals surface area contributed by atoms with Gasteiger partial charge in [0.05, 0.1) is 12.2 Å². The zero-order chi connectivity index (χ0) is 20.0. The van der Waals surface area contributed by atoms with E-state index in [1.54, 1.807) is 10.8 Å². The number of pyridine rings is 1. The molecule has 0 N–H and O–H groups in total. The van der Waals surface area contributed by atoms with Gasteiger partial charge in [0.15, 0.2) is 0 Å². The van der Waals surface area contributed by atoms with Gasteiger partial charge in [0, 0.05) is 41.0 Å². The summed E-state index contributed by atoms with van der Waals surface area (Å²) < 4.78 is 2.91. The summed E-state index contributed by atoms with van der Waals surface area (Å²) in [5, 5.41) is 4.69. The van der Waals surface area contributed by atoms with Crippen LogP contribution in [0.25, 0.3) is 0 Å². The van der Waals surface area contributed by atoms with Crippen LogP contribution >= 0.6 is 11.3 Å². The first-order valence-electron chi connectivity index (χ1n) is 9.94. The number of likely N-dealkylation sites (tertiary alicyclic amines) is 1. The highest BCUT2D eigenvalue weighted by Crippen LogP contribution is 2.41. The van der Waals surface area contributed by atoms with Crippen molar-refractivity contribution in [2.24, 2.45) is 0 Å². The largest absolute Gasteiger partial charge is 0.332 e. The Kier molecular flexibility index (Phi) is 4.48. The Labute approximate surface area is 172 Å². The van der Waals surface area contributed by atoms with Crippen LogP contribution in [0.4, 0.5) is 0 Å². The number of hydrogen-bond acceptors (Lipinski definition) is 6. The minimum absolute atomic E-state index is 0.148. The smallest absolute Gasteiger partial charge is 0.297 e. The first-order chi connectivity index (χ1) is 14.0. The van der Waals surface area contributed by atoms with E-state index in [2.05, 4.69) is 28.9 Å². The van der Waals surface area contributed by atoms with E-state index >= 15 is 0 Å². The highest BCUT2D eigenvalue weighted by molar-refractivity contribution is 7.11. The van der Waals surface area contributed by atoms with Gasteiger partial charge < -0.3 is 0 Å². The number of aromatic nitrogens is 4. The van der Waals surface area contributed by atoms with Crippen molar-refractivity contribution in [3.63, 3.8) is 0 Å². The average molecular weight is 410 g/mol. The van der Waals surface area contributed by atoms with Crippen molar-refractivity contribution >= 4 is 11.3 Å². The van der Waals surface area contributed by atoms with E-state index in [1.165, 1.54) is 14.4 Å². The van der Waals surface area contributed by atoms with Gasteiger partial charge >= 0.3 is 11.1 Å². The number of aryl methyl sites for hydroxylation is 1. The fourth-order valence-electron chi connectivity index (χ4n) is 4.60. The lowest BCUT2D eigenvalue weighted by molar-refractivity contribution is 0.300. The predicted octanol–water partition coefficient (Wildman–Crippen LogP) is 1.77. The second-order valence-corrected chi connectivity index (χ2v) is 9.44.